The maximum absolute atomic E-state index is 8.81. The zero-order chi connectivity index (χ0) is 14.8. The third-order valence-corrected chi connectivity index (χ3v) is 3.82. The first-order valence-electron chi connectivity index (χ1n) is 6.74. The van der Waals surface area contributed by atoms with Crippen molar-refractivity contribution in [2.75, 3.05) is 25.1 Å². The average Bonchev–Trinajstić information content (AvgIpc) is 2.46. The molecule has 6 heteroatoms. The number of aromatic nitrogens is 1. The number of anilines is 1. The minimum absolute atomic E-state index is 0.100. The number of methoxy groups -OCH3 is 1. The summed E-state index contributed by atoms with van der Waals surface area (Å²) < 4.78 is 5.60. The second-order valence-corrected chi connectivity index (χ2v) is 5.52. The number of hydrogen-bond donors (Lipinski definition) is 2. The van der Waals surface area contributed by atoms with Crippen LogP contribution < -0.4 is 10.6 Å². The summed E-state index contributed by atoms with van der Waals surface area (Å²) in [6, 6.07) is 3.65. The molecule has 0 saturated carbocycles. The average molecular weight is 278 g/mol. The van der Waals surface area contributed by atoms with Crippen LogP contribution in [0.5, 0.6) is 0 Å². The number of amidine groups is 1. The minimum atomic E-state index is -0.152. The van der Waals surface area contributed by atoms with Gasteiger partial charge < -0.3 is 20.6 Å². The van der Waals surface area contributed by atoms with Crippen molar-refractivity contribution in [1.29, 1.82) is 0 Å². The zero-order valence-electron chi connectivity index (χ0n) is 12.3. The quantitative estimate of drug-likeness (QED) is 0.379. The fourth-order valence-electron chi connectivity index (χ4n) is 2.59. The van der Waals surface area contributed by atoms with Gasteiger partial charge in [0.25, 0.3) is 0 Å². The third kappa shape index (κ3) is 3.01. The molecule has 0 bridgehead atoms. The van der Waals surface area contributed by atoms with Crippen LogP contribution in [0.15, 0.2) is 17.3 Å². The van der Waals surface area contributed by atoms with Gasteiger partial charge in [-0.05, 0) is 38.8 Å². The number of pyridine rings is 1. The standard InChI is InChI=1S/C14H22N4O2/c1-10-7-11(13(15)17-19)8-12(16-10)18-6-4-5-14(2,9-18)20-3/h7-8,19H,4-6,9H2,1-3H3,(H2,15,17). The van der Waals surface area contributed by atoms with Gasteiger partial charge in [-0.3, -0.25) is 0 Å². The molecule has 1 atom stereocenters. The van der Waals surface area contributed by atoms with Gasteiger partial charge in [-0.1, -0.05) is 5.16 Å². The molecule has 1 saturated heterocycles. The molecule has 2 heterocycles. The van der Waals surface area contributed by atoms with Gasteiger partial charge in [0.05, 0.1) is 5.60 Å². The SMILES string of the molecule is COC1(C)CCCN(c2cc(/C(N)=N/O)cc(C)n2)C1. The Kier molecular flexibility index (Phi) is 4.13. The molecule has 20 heavy (non-hydrogen) atoms. The summed E-state index contributed by atoms with van der Waals surface area (Å²) in [5, 5.41) is 11.9. The van der Waals surface area contributed by atoms with Crippen molar-refractivity contribution in [3.05, 3.63) is 23.4 Å². The number of nitrogens with two attached hydrogens (primary N) is 1. The van der Waals surface area contributed by atoms with Gasteiger partial charge in [0.1, 0.15) is 5.82 Å². The van der Waals surface area contributed by atoms with Crippen LogP contribution >= 0.6 is 0 Å². The lowest BCUT2D eigenvalue weighted by molar-refractivity contribution is -0.00482. The fourth-order valence-corrected chi connectivity index (χ4v) is 2.59. The lowest BCUT2D eigenvalue weighted by Gasteiger charge is -2.40. The summed E-state index contributed by atoms with van der Waals surface area (Å²) in [4.78, 5) is 6.74. The Morgan fingerprint density at radius 3 is 2.95 bits per heavy atom. The number of nitrogens with zero attached hydrogens (tertiary/aromatic N) is 3. The molecule has 0 aliphatic carbocycles. The first kappa shape index (κ1) is 14.6. The first-order chi connectivity index (χ1) is 9.47. The van der Waals surface area contributed by atoms with Crippen LogP contribution in [0.4, 0.5) is 5.82 Å². The van der Waals surface area contributed by atoms with Crippen LogP contribution in [-0.4, -0.2) is 41.8 Å². The molecule has 0 aromatic carbocycles. The van der Waals surface area contributed by atoms with Crippen molar-refractivity contribution in [3.8, 4) is 0 Å². The van der Waals surface area contributed by atoms with E-state index in [0.717, 1.165) is 37.4 Å². The molecule has 0 radical (unpaired) electrons. The van der Waals surface area contributed by atoms with Crippen LogP contribution in [0, 0.1) is 6.92 Å². The Morgan fingerprint density at radius 2 is 2.30 bits per heavy atom. The summed E-state index contributed by atoms with van der Waals surface area (Å²) in [7, 11) is 1.75. The number of hydrogen-bond acceptors (Lipinski definition) is 5. The molecule has 110 valence electrons. The predicted molar refractivity (Wildman–Crippen MR) is 78.3 cm³/mol. The van der Waals surface area contributed by atoms with Crippen molar-refractivity contribution in [3.63, 3.8) is 0 Å². The van der Waals surface area contributed by atoms with E-state index in [4.69, 9.17) is 15.7 Å². The van der Waals surface area contributed by atoms with Gasteiger partial charge in [-0.15, -0.1) is 0 Å². The van der Waals surface area contributed by atoms with Crippen molar-refractivity contribution in [1.82, 2.24) is 4.98 Å². The molecule has 1 aromatic rings. The molecule has 1 unspecified atom stereocenters. The summed E-state index contributed by atoms with van der Waals surface area (Å²) in [5.41, 5.74) is 7.04. The van der Waals surface area contributed by atoms with Crippen molar-refractivity contribution < 1.29 is 9.94 Å². The molecule has 1 aliphatic heterocycles. The highest BCUT2D eigenvalue weighted by atomic mass is 16.5. The Hall–Kier alpha value is -1.82. The Balaban J connectivity index is 2.30. The van der Waals surface area contributed by atoms with E-state index in [1.807, 2.05) is 13.0 Å². The van der Waals surface area contributed by atoms with Crippen LogP contribution in [-0.2, 0) is 4.74 Å². The van der Waals surface area contributed by atoms with E-state index in [9.17, 15) is 0 Å². The number of rotatable bonds is 3. The normalized spacial score (nSPS) is 23.9. The van der Waals surface area contributed by atoms with Crippen LogP contribution in [0.25, 0.3) is 0 Å². The van der Waals surface area contributed by atoms with E-state index in [0.29, 0.717) is 5.56 Å². The highest BCUT2D eigenvalue weighted by Gasteiger charge is 2.31. The van der Waals surface area contributed by atoms with Gasteiger partial charge in [-0.25, -0.2) is 4.98 Å². The zero-order valence-corrected chi connectivity index (χ0v) is 12.3. The van der Waals surface area contributed by atoms with Gasteiger partial charge in [0, 0.05) is 31.5 Å². The first-order valence-corrected chi connectivity index (χ1v) is 6.74. The van der Waals surface area contributed by atoms with Crippen molar-refractivity contribution >= 4 is 11.7 Å². The highest BCUT2D eigenvalue weighted by molar-refractivity contribution is 5.97. The predicted octanol–water partition coefficient (Wildman–Crippen LogP) is 1.49. The Bertz CT molecular complexity index is 518. The third-order valence-electron chi connectivity index (χ3n) is 3.82. The summed E-state index contributed by atoms with van der Waals surface area (Å²) in [5.74, 6) is 0.942. The lowest BCUT2D eigenvalue weighted by Crippen LogP contribution is -2.47. The molecule has 1 fully saturated rings. The van der Waals surface area contributed by atoms with Gasteiger partial charge in [0.2, 0.25) is 0 Å². The summed E-state index contributed by atoms with van der Waals surface area (Å²) >= 11 is 0. The van der Waals surface area contributed by atoms with Gasteiger partial charge >= 0.3 is 0 Å². The molecule has 0 spiro atoms. The molecular formula is C14H22N4O2. The van der Waals surface area contributed by atoms with E-state index in [1.165, 1.54) is 0 Å². The second-order valence-electron chi connectivity index (χ2n) is 5.52. The van der Waals surface area contributed by atoms with Crippen LogP contribution in [0.3, 0.4) is 0 Å². The fraction of sp³-hybridized carbons (Fsp3) is 0.571. The molecule has 3 N–H and O–H groups in total. The topological polar surface area (TPSA) is 84.0 Å². The Morgan fingerprint density at radius 1 is 1.55 bits per heavy atom. The van der Waals surface area contributed by atoms with Crippen LogP contribution in [0.2, 0.25) is 0 Å². The van der Waals surface area contributed by atoms with E-state index < -0.39 is 0 Å². The number of piperidine rings is 1. The van der Waals surface area contributed by atoms with Gasteiger partial charge in [0.15, 0.2) is 5.84 Å². The molecule has 6 nitrogen and oxygen atoms in total. The summed E-state index contributed by atoms with van der Waals surface area (Å²) in [6.07, 6.45) is 2.10. The smallest absolute Gasteiger partial charge is 0.170 e. The lowest BCUT2D eigenvalue weighted by atomic mass is 9.94. The van der Waals surface area contributed by atoms with E-state index in [-0.39, 0.29) is 11.4 Å². The van der Waals surface area contributed by atoms with E-state index in [2.05, 4.69) is 22.0 Å². The van der Waals surface area contributed by atoms with Crippen molar-refractivity contribution in [2.45, 2.75) is 32.3 Å². The number of ether oxygens (including phenoxy) is 1. The van der Waals surface area contributed by atoms with Crippen molar-refractivity contribution in [2.24, 2.45) is 10.9 Å². The molecule has 0 amide bonds. The molecule has 2 rings (SSSR count). The highest BCUT2D eigenvalue weighted by Crippen LogP contribution is 2.27. The number of oxime groups is 1. The largest absolute Gasteiger partial charge is 0.409 e. The van der Waals surface area contributed by atoms with Crippen LogP contribution in [0.1, 0.15) is 31.0 Å². The van der Waals surface area contributed by atoms with E-state index >= 15 is 0 Å². The maximum Gasteiger partial charge on any atom is 0.170 e. The monoisotopic (exact) mass is 278 g/mol. The second kappa shape index (κ2) is 5.66. The number of aryl methyl sites for hydroxylation is 1. The maximum atomic E-state index is 8.81. The molecular weight excluding hydrogens is 256 g/mol. The molecule has 1 aromatic heterocycles. The summed E-state index contributed by atoms with van der Waals surface area (Å²) in [6.45, 7) is 5.73. The Labute approximate surface area is 119 Å². The van der Waals surface area contributed by atoms with E-state index in [1.54, 1.807) is 13.2 Å². The van der Waals surface area contributed by atoms with Gasteiger partial charge in [-0.2, -0.15) is 0 Å². The molecule has 1 aliphatic rings. The minimum Gasteiger partial charge on any atom is -0.409 e.